The third-order valence-electron chi connectivity index (χ3n) is 6.06. The molecule has 0 bridgehead atoms. The van der Waals surface area contributed by atoms with E-state index in [9.17, 15) is 9.90 Å². The van der Waals surface area contributed by atoms with Crippen molar-refractivity contribution in [2.45, 2.75) is 18.8 Å². The van der Waals surface area contributed by atoms with Crippen LogP contribution in [0.3, 0.4) is 0 Å². The molecule has 1 amide bonds. The van der Waals surface area contributed by atoms with Crippen LogP contribution in [-0.4, -0.2) is 29.7 Å². The van der Waals surface area contributed by atoms with Crippen LogP contribution in [0.25, 0.3) is 10.9 Å². The molecule has 0 aliphatic carbocycles. The van der Waals surface area contributed by atoms with Crippen LogP contribution in [0.2, 0.25) is 0 Å². The van der Waals surface area contributed by atoms with Crippen LogP contribution in [0, 0.1) is 0 Å². The lowest BCUT2D eigenvalue weighted by Gasteiger charge is -2.34. The number of aromatic amines is 1. The van der Waals surface area contributed by atoms with Crippen molar-refractivity contribution in [1.29, 1.82) is 0 Å². The number of phenols is 1. The molecule has 3 aromatic carbocycles. The average Bonchev–Trinajstić information content (AvgIpc) is 3.21. The molecule has 0 radical (unpaired) electrons. The number of ether oxygens (including phenoxy) is 2. The quantitative estimate of drug-likeness (QED) is 0.420. The van der Waals surface area contributed by atoms with Crippen molar-refractivity contribution < 1.29 is 19.4 Å². The van der Waals surface area contributed by atoms with E-state index in [4.69, 9.17) is 9.47 Å². The summed E-state index contributed by atoms with van der Waals surface area (Å²) < 4.78 is 11.5. The van der Waals surface area contributed by atoms with Gasteiger partial charge < -0.3 is 24.9 Å². The highest BCUT2D eigenvalue weighted by atomic mass is 16.5. The smallest absolute Gasteiger partial charge is 0.221 e. The summed E-state index contributed by atoms with van der Waals surface area (Å²) in [6.07, 6.45) is 2.04. The Morgan fingerprint density at radius 1 is 1.09 bits per heavy atom. The summed E-state index contributed by atoms with van der Waals surface area (Å²) in [6, 6.07) is 19.3. The number of methoxy groups -OCH3 is 1. The van der Waals surface area contributed by atoms with Gasteiger partial charge in [-0.2, -0.15) is 0 Å². The second-order valence-electron chi connectivity index (χ2n) is 8.08. The van der Waals surface area contributed by atoms with Crippen LogP contribution in [0.4, 0.5) is 5.69 Å². The van der Waals surface area contributed by atoms with Gasteiger partial charge in [-0.1, -0.05) is 18.2 Å². The Labute approximate surface area is 185 Å². The normalized spacial score (nSPS) is 17.4. The van der Waals surface area contributed by atoms with Crippen LogP contribution >= 0.6 is 0 Å². The molecule has 0 saturated carbocycles. The van der Waals surface area contributed by atoms with Gasteiger partial charge in [0, 0.05) is 59.2 Å². The molecule has 1 aromatic heterocycles. The number of hydrogen-bond donors (Lipinski definition) is 3. The number of H-pyrrole nitrogens is 1. The lowest BCUT2D eigenvalue weighted by atomic mass is 9.75. The first-order valence-electron chi connectivity index (χ1n) is 10.5. The van der Waals surface area contributed by atoms with Crippen LogP contribution in [0.5, 0.6) is 17.2 Å². The summed E-state index contributed by atoms with van der Waals surface area (Å²) in [4.78, 5) is 14.8. The van der Waals surface area contributed by atoms with Gasteiger partial charge in [-0.25, -0.2) is 0 Å². The zero-order valence-corrected chi connectivity index (χ0v) is 17.9. The van der Waals surface area contributed by atoms with Gasteiger partial charge in [0.05, 0.1) is 13.7 Å². The molecule has 6 heteroatoms. The number of carbonyl (C=O) groups is 1. The Morgan fingerprint density at radius 3 is 2.66 bits per heavy atom. The summed E-state index contributed by atoms with van der Waals surface area (Å²) in [7, 11) is 1.66. The number of benzene rings is 3. The zero-order chi connectivity index (χ0) is 22.2. The molecule has 1 aliphatic rings. The van der Waals surface area contributed by atoms with E-state index in [1.54, 1.807) is 19.2 Å². The number of hydrogen-bond acceptors (Lipinski definition) is 4. The molecule has 32 heavy (non-hydrogen) atoms. The van der Waals surface area contributed by atoms with Crippen molar-refractivity contribution >= 4 is 22.5 Å². The molecule has 162 valence electrons. The maximum Gasteiger partial charge on any atom is 0.221 e. The molecule has 2 heterocycles. The molecule has 4 aromatic rings. The predicted octanol–water partition coefficient (Wildman–Crippen LogP) is 5.15. The Morgan fingerprint density at radius 2 is 1.91 bits per heavy atom. The van der Waals surface area contributed by atoms with E-state index in [-0.39, 0.29) is 23.5 Å². The third-order valence-corrected chi connectivity index (χ3v) is 6.06. The standard InChI is InChI=1S/C26H24N2O4/c1-15(29)28-17-5-3-16(4-6-17)26-21-9-7-18(30)11-25(21)32-14-23(26)22-13-27-24-12-19(31-2)8-10-20(22)24/h3-13,23,26-27,30H,14H2,1-2H3,(H,28,29). The third kappa shape index (κ3) is 3.54. The summed E-state index contributed by atoms with van der Waals surface area (Å²) in [5.41, 5.74) is 5.07. The predicted molar refractivity (Wildman–Crippen MR) is 124 cm³/mol. The van der Waals surface area contributed by atoms with Crippen LogP contribution in [0.1, 0.15) is 35.4 Å². The van der Waals surface area contributed by atoms with Crippen molar-refractivity contribution in [3.8, 4) is 17.2 Å². The van der Waals surface area contributed by atoms with E-state index in [2.05, 4.69) is 16.4 Å². The SMILES string of the molecule is COc1ccc2c(C3COc4cc(O)ccc4C3c3ccc(NC(C)=O)cc3)c[nH]c2c1. The maximum absolute atomic E-state index is 11.4. The molecule has 1 aliphatic heterocycles. The van der Waals surface area contributed by atoms with Gasteiger partial charge in [0.2, 0.25) is 5.91 Å². The second-order valence-corrected chi connectivity index (χ2v) is 8.08. The van der Waals surface area contributed by atoms with Crippen molar-refractivity contribution in [1.82, 2.24) is 4.98 Å². The first kappa shape index (κ1) is 20.0. The molecule has 0 saturated heterocycles. The minimum atomic E-state index is -0.100. The fourth-order valence-corrected chi connectivity index (χ4v) is 4.62. The van der Waals surface area contributed by atoms with E-state index in [1.165, 1.54) is 6.92 Å². The molecular formula is C26H24N2O4. The van der Waals surface area contributed by atoms with Crippen molar-refractivity contribution in [2.75, 3.05) is 19.0 Å². The largest absolute Gasteiger partial charge is 0.508 e. The van der Waals surface area contributed by atoms with Crippen LogP contribution in [0.15, 0.2) is 66.9 Å². The van der Waals surface area contributed by atoms with Gasteiger partial charge in [-0.15, -0.1) is 0 Å². The van der Waals surface area contributed by atoms with Crippen LogP contribution in [-0.2, 0) is 4.79 Å². The fraction of sp³-hybridized carbons (Fsp3) is 0.192. The molecule has 3 N–H and O–H groups in total. The monoisotopic (exact) mass is 428 g/mol. The number of amides is 1. The van der Waals surface area contributed by atoms with Gasteiger partial charge in [-0.3, -0.25) is 4.79 Å². The Hall–Kier alpha value is -3.93. The fourth-order valence-electron chi connectivity index (χ4n) is 4.62. The summed E-state index contributed by atoms with van der Waals surface area (Å²) in [6.45, 7) is 1.98. The molecule has 6 nitrogen and oxygen atoms in total. The number of carbonyl (C=O) groups excluding carboxylic acids is 1. The lowest BCUT2D eigenvalue weighted by molar-refractivity contribution is -0.114. The number of phenolic OH excluding ortho intramolecular Hbond substituents is 1. The second kappa shape index (κ2) is 7.96. The minimum absolute atomic E-state index is 0.0202. The van der Waals surface area contributed by atoms with E-state index in [0.29, 0.717) is 12.4 Å². The minimum Gasteiger partial charge on any atom is -0.508 e. The molecule has 2 unspecified atom stereocenters. The molecular weight excluding hydrogens is 404 g/mol. The van der Waals surface area contributed by atoms with Gasteiger partial charge in [-0.05, 0) is 41.5 Å². The maximum atomic E-state index is 11.4. The first-order chi connectivity index (χ1) is 15.5. The zero-order valence-electron chi connectivity index (χ0n) is 17.9. The van der Waals surface area contributed by atoms with E-state index >= 15 is 0 Å². The van der Waals surface area contributed by atoms with Gasteiger partial charge in [0.1, 0.15) is 17.2 Å². The Balaban J connectivity index is 1.61. The molecule has 5 rings (SSSR count). The van der Waals surface area contributed by atoms with E-state index < -0.39 is 0 Å². The number of aromatic nitrogens is 1. The number of anilines is 1. The lowest BCUT2D eigenvalue weighted by Crippen LogP contribution is -2.25. The van der Waals surface area contributed by atoms with Gasteiger partial charge in [0.15, 0.2) is 0 Å². The van der Waals surface area contributed by atoms with Crippen molar-refractivity contribution in [2.24, 2.45) is 0 Å². The van der Waals surface area contributed by atoms with Gasteiger partial charge >= 0.3 is 0 Å². The first-order valence-corrected chi connectivity index (χ1v) is 10.5. The Bertz CT molecular complexity index is 1290. The molecule has 2 atom stereocenters. The molecule has 0 fully saturated rings. The summed E-state index contributed by atoms with van der Waals surface area (Å²) in [5.74, 6) is 1.65. The van der Waals surface area contributed by atoms with Crippen molar-refractivity contribution in [3.63, 3.8) is 0 Å². The highest BCUT2D eigenvalue weighted by molar-refractivity contribution is 5.88. The van der Waals surface area contributed by atoms with E-state index in [1.807, 2.05) is 48.7 Å². The number of rotatable bonds is 4. The van der Waals surface area contributed by atoms with Crippen molar-refractivity contribution in [3.05, 3.63) is 83.6 Å². The molecule has 0 spiro atoms. The topological polar surface area (TPSA) is 83.6 Å². The summed E-state index contributed by atoms with van der Waals surface area (Å²) in [5, 5.41) is 13.9. The Kier molecular flexibility index (Phi) is 4.98. The average molecular weight is 428 g/mol. The highest BCUT2D eigenvalue weighted by Gasteiger charge is 2.35. The van der Waals surface area contributed by atoms with E-state index in [0.717, 1.165) is 39.0 Å². The number of fused-ring (bicyclic) bond motifs is 2. The number of aromatic hydroxyl groups is 1. The van der Waals surface area contributed by atoms with Gasteiger partial charge in [0.25, 0.3) is 0 Å². The highest BCUT2D eigenvalue weighted by Crippen LogP contribution is 2.48. The number of nitrogens with one attached hydrogen (secondary N) is 2. The summed E-state index contributed by atoms with van der Waals surface area (Å²) >= 11 is 0. The van der Waals surface area contributed by atoms with Crippen LogP contribution < -0.4 is 14.8 Å².